The molecule has 4 heteroatoms. The third-order valence-corrected chi connectivity index (χ3v) is 3.65. The van der Waals surface area contributed by atoms with Gasteiger partial charge in [-0.2, -0.15) is 0 Å². The first kappa shape index (κ1) is 11.0. The molecular formula is C13H20N4. The van der Waals surface area contributed by atoms with Crippen molar-refractivity contribution in [2.75, 3.05) is 12.0 Å². The number of nitrogen functional groups attached to an aromatic ring is 1. The maximum Gasteiger partial charge on any atom is 0.144 e. The summed E-state index contributed by atoms with van der Waals surface area (Å²) >= 11 is 0. The van der Waals surface area contributed by atoms with Crippen molar-refractivity contribution in [2.45, 2.75) is 38.3 Å². The van der Waals surface area contributed by atoms with Crippen LogP contribution in [0.2, 0.25) is 0 Å². The van der Waals surface area contributed by atoms with Gasteiger partial charge in [-0.15, -0.1) is 0 Å². The van der Waals surface area contributed by atoms with E-state index in [1.165, 1.54) is 37.8 Å². The van der Waals surface area contributed by atoms with E-state index in [2.05, 4.69) is 21.4 Å². The summed E-state index contributed by atoms with van der Waals surface area (Å²) in [6.07, 6.45) is 7.33. The molecule has 0 saturated heterocycles. The Bertz CT molecular complexity index is 385. The molecule has 0 radical (unpaired) electrons. The van der Waals surface area contributed by atoms with Crippen LogP contribution in [0.5, 0.6) is 0 Å². The van der Waals surface area contributed by atoms with Gasteiger partial charge in [0.2, 0.25) is 0 Å². The van der Waals surface area contributed by atoms with E-state index in [-0.39, 0.29) is 0 Å². The summed E-state index contributed by atoms with van der Waals surface area (Å²) in [5.41, 5.74) is 3.90. The highest BCUT2D eigenvalue weighted by atomic mass is 15.3. The largest absolute Gasteiger partial charge is 0.308 e. The normalized spacial score (nSPS) is 19.6. The Morgan fingerprint density at radius 2 is 2.18 bits per heavy atom. The fourth-order valence-electron chi connectivity index (χ4n) is 2.33. The van der Waals surface area contributed by atoms with Gasteiger partial charge in [-0.25, -0.2) is 10.8 Å². The second-order valence-electron chi connectivity index (χ2n) is 5.26. The van der Waals surface area contributed by atoms with Gasteiger partial charge in [0.25, 0.3) is 0 Å². The summed E-state index contributed by atoms with van der Waals surface area (Å²) in [5.74, 6) is 7.26. The predicted molar refractivity (Wildman–Crippen MR) is 68.2 cm³/mol. The van der Waals surface area contributed by atoms with Crippen molar-refractivity contribution in [1.82, 2.24) is 9.88 Å². The number of nitrogens with two attached hydrogens (primary N) is 1. The molecule has 0 spiro atoms. The van der Waals surface area contributed by atoms with Crippen molar-refractivity contribution in [3.63, 3.8) is 0 Å². The quantitative estimate of drug-likeness (QED) is 0.579. The third kappa shape index (κ3) is 2.76. The minimum Gasteiger partial charge on any atom is -0.308 e. The zero-order valence-corrected chi connectivity index (χ0v) is 10.1. The van der Waals surface area contributed by atoms with Gasteiger partial charge in [-0.3, -0.25) is 4.90 Å². The van der Waals surface area contributed by atoms with E-state index < -0.39 is 0 Å². The Balaban J connectivity index is 1.69. The first-order chi connectivity index (χ1) is 8.36. The van der Waals surface area contributed by atoms with E-state index in [0.29, 0.717) is 0 Å². The molecule has 0 aliphatic heterocycles. The number of hydrogen-bond donors (Lipinski definition) is 2. The Labute approximate surface area is 102 Å². The highest BCUT2D eigenvalue weighted by molar-refractivity contribution is 5.42. The molecule has 2 fully saturated rings. The summed E-state index contributed by atoms with van der Waals surface area (Å²) in [6.45, 7) is 2.23. The van der Waals surface area contributed by atoms with E-state index in [4.69, 9.17) is 5.84 Å². The van der Waals surface area contributed by atoms with Crippen LogP contribution in [0.3, 0.4) is 0 Å². The van der Waals surface area contributed by atoms with E-state index in [0.717, 1.165) is 24.3 Å². The van der Waals surface area contributed by atoms with Crippen LogP contribution in [-0.2, 0) is 6.54 Å². The van der Waals surface area contributed by atoms with Gasteiger partial charge < -0.3 is 5.43 Å². The molecule has 4 nitrogen and oxygen atoms in total. The molecular weight excluding hydrogens is 212 g/mol. The molecule has 2 aliphatic rings. The average Bonchev–Trinajstić information content (AvgIpc) is 3.21. The first-order valence-electron chi connectivity index (χ1n) is 6.51. The standard InChI is InChI=1S/C13H20N4/c14-16-13-11(2-1-7-15-13)9-17(12-5-6-12)8-10-3-4-10/h1-2,7,10,12H,3-6,8-9,14H2,(H,15,16). The fraction of sp³-hybridized carbons (Fsp3) is 0.615. The molecule has 0 amide bonds. The van der Waals surface area contributed by atoms with Crippen molar-refractivity contribution >= 4 is 5.82 Å². The zero-order valence-electron chi connectivity index (χ0n) is 10.1. The Kier molecular flexibility index (Phi) is 2.99. The molecule has 17 heavy (non-hydrogen) atoms. The Morgan fingerprint density at radius 3 is 2.82 bits per heavy atom. The van der Waals surface area contributed by atoms with Gasteiger partial charge in [0.15, 0.2) is 0 Å². The van der Waals surface area contributed by atoms with Crippen LogP contribution in [0.25, 0.3) is 0 Å². The number of hydrogen-bond acceptors (Lipinski definition) is 4. The zero-order chi connectivity index (χ0) is 11.7. The van der Waals surface area contributed by atoms with Crippen LogP contribution in [0.15, 0.2) is 18.3 Å². The number of rotatable bonds is 6. The third-order valence-electron chi connectivity index (χ3n) is 3.65. The van der Waals surface area contributed by atoms with Gasteiger partial charge in [-0.05, 0) is 37.7 Å². The smallest absolute Gasteiger partial charge is 0.144 e. The molecule has 92 valence electrons. The Morgan fingerprint density at radius 1 is 1.35 bits per heavy atom. The summed E-state index contributed by atoms with van der Waals surface area (Å²) in [6, 6.07) is 4.91. The molecule has 2 saturated carbocycles. The topological polar surface area (TPSA) is 54.2 Å². The van der Waals surface area contributed by atoms with Crippen molar-refractivity contribution in [3.05, 3.63) is 23.9 Å². The van der Waals surface area contributed by atoms with Gasteiger partial charge in [0.1, 0.15) is 5.82 Å². The molecule has 0 atom stereocenters. The van der Waals surface area contributed by atoms with Gasteiger partial charge in [0, 0.05) is 30.9 Å². The van der Waals surface area contributed by atoms with E-state index in [1.54, 1.807) is 6.20 Å². The second kappa shape index (κ2) is 4.63. The predicted octanol–water partition coefficient (Wildman–Crippen LogP) is 1.74. The molecule has 1 aromatic rings. The van der Waals surface area contributed by atoms with E-state index in [9.17, 15) is 0 Å². The molecule has 2 aliphatic carbocycles. The van der Waals surface area contributed by atoms with Crippen LogP contribution in [0.1, 0.15) is 31.2 Å². The lowest BCUT2D eigenvalue weighted by atomic mass is 10.2. The second-order valence-corrected chi connectivity index (χ2v) is 5.26. The molecule has 1 heterocycles. The van der Waals surface area contributed by atoms with Crippen LogP contribution in [-0.4, -0.2) is 22.5 Å². The molecule has 1 aromatic heterocycles. The number of hydrazine groups is 1. The molecule has 0 aromatic carbocycles. The number of pyridine rings is 1. The van der Waals surface area contributed by atoms with Crippen molar-refractivity contribution in [1.29, 1.82) is 0 Å². The lowest BCUT2D eigenvalue weighted by Crippen LogP contribution is -2.28. The summed E-state index contributed by atoms with van der Waals surface area (Å²) in [5, 5.41) is 0. The summed E-state index contributed by atoms with van der Waals surface area (Å²) < 4.78 is 0. The van der Waals surface area contributed by atoms with Crippen molar-refractivity contribution in [2.24, 2.45) is 11.8 Å². The monoisotopic (exact) mass is 232 g/mol. The van der Waals surface area contributed by atoms with E-state index >= 15 is 0 Å². The maximum atomic E-state index is 5.50. The van der Waals surface area contributed by atoms with Crippen molar-refractivity contribution < 1.29 is 0 Å². The molecule has 0 bridgehead atoms. The SMILES string of the molecule is NNc1ncccc1CN(CC1CC1)C1CC1. The van der Waals surface area contributed by atoms with Crippen LogP contribution in [0, 0.1) is 5.92 Å². The molecule has 0 unspecified atom stereocenters. The number of aromatic nitrogens is 1. The first-order valence-corrected chi connectivity index (χ1v) is 6.51. The van der Waals surface area contributed by atoms with Crippen molar-refractivity contribution in [3.8, 4) is 0 Å². The van der Waals surface area contributed by atoms with Gasteiger partial charge >= 0.3 is 0 Å². The molecule has 3 rings (SSSR count). The highest BCUT2D eigenvalue weighted by Crippen LogP contribution is 2.36. The highest BCUT2D eigenvalue weighted by Gasteiger charge is 2.33. The minimum absolute atomic E-state index is 0.807. The van der Waals surface area contributed by atoms with Crippen LogP contribution in [0.4, 0.5) is 5.82 Å². The number of anilines is 1. The van der Waals surface area contributed by atoms with E-state index in [1.807, 2.05) is 6.07 Å². The van der Waals surface area contributed by atoms with Crippen LogP contribution >= 0.6 is 0 Å². The van der Waals surface area contributed by atoms with Gasteiger partial charge in [-0.1, -0.05) is 6.07 Å². The minimum atomic E-state index is 0.807. The summed E-state index contributed by atoms with van der Waals surface area (Å²) in [4.78, 5) is 6.87. The fourth-order valence-corrected chi connectivity index (χ4v) is 2.33. The maximum absolute atomic E-state index is 5.50. The summed E-state index contributed by atoms with van der Waals surface area (Å²) in [7, 11) is 0. The lowest BCUT2D eigenvalue weighted by molar-refractivity contribution is 0.244. The Hall–Kier alpha value is -1.13. The average molecular weight is 232 g/mol. The molecule has 3 N–H and O–H groups in total. The van der Waals surface area contributed by atoms with Gasteiger partial charge in [0.05, 0.1) is 0 Å². The number of nitrogens with zero attached hydrogens (tertiary/aromatic N) is 2. The lowest BCUT2D eigenvalue weighted by Gasteiger charge is -2.22. The van der Waals surface area contributed by atoms with Crippen LogP contribution < -0.4 is 11.3 Å². The number of nitrogens with one attached hydrogen (secondary N) is 1.